The Hall–Kier alpha value is -1.75. The molecule has 0 radical (unpaired) electrons. The zero-order valence-corrected chi connectivity index (χ0v) is 9.88. The smallest absolute Gasteiger partial charge is 0.331 e. The van der Waals surface area contributed by atoms with E-state index in [4.69, 9.17) is 10.8 Å². The number of nitrogens with zero attached hydrogens (tertiary/aromatic N) is 1. The van der Waals surface area contributed by atoms with Crippen LogP contribution in [0.25, 0.3) is 0 Å². The molecule has 0 saturated carbocycles. The fraction of sp³-hybridized carbons (Fsp3) is 0.417. The maximum Gasteiger partial charge on any atom is 0.331 e. The van der Waals surface area contributed by atoms with Gasteiger partial charge in [0.05, 0.1) is 6.42 Å². The van der Waals surface area contributed by atoms with Gasteiger partial charge in [-0.15, -0.1) is 0 Å². The van der Waals surface area contributed by atoms with Gasteiger partial charge in [0.1, 0.15) is 0 Å². The minimum Gasteiger partial charge on any atom is -0.480 e. The van der Waals surface area contributed by atoms with Crippen molar-refractivity contribution in [1.29, 1.82) is 0 Å². The van der Waals surface area contributed by atoms with Gasteiger partial charge in [0.25, 0.3) is 0 Å². The summed E-state index contributed by atoms with van der Waals surface area (Å²) in [6.07, 6.45) is 1.48. The molecule has 17 heavy (non-hydrogen) atoms. The molecular formula is C12H16N2O3. The molecule has 1 unspecified atom stereocenters. The normalized spacial score (nSPS) is 14.4. The van der Waals surface area contributed by atoms with Crippen molar-refractivity contribution in [2.75, 3.05) is 0 Å². The summed E-state index contributed by atoms with van der Waals surface area (Å²) in [6, 6.07) is 5.13. The van der Waals surface area contributed by atoms with Gasteiger partial charge in [0.2, 0.25) is 0 Å². The number of carbonyl (C=O) groups is 2. The first-order valence-electron chi connectivity index (χ1n) is 5.34. The third-order valence-corrected chi connectivity index (χ3v) is 2.79. The Balaban J connectivity index is 2.92. The molecule has 0 spiro atoms. The summed E-state index contributed by atoms with van der Waals surface area (Å²) in [7, 11) is 0. The summed E-state index contributed by atoms with van der Waals surface area (Å²) < 4.78 is 0. The number of hydrogen-bond acceptors (Lipinski definition) is 4. The minimum absolute atomic E-state index is 0.0676. The summed E-state index contributed by atoms with van der Waals surface area (Å²) in [4.78, 5) is 27.1. The lowest BCUT2D eigenvalue weighted by Gasteiger charge is -2.27. The lowest BCUT2D eigenvalue weighted by molar-refractivity contribution is -0.150. The van der Waals surface area contributed by atoms with Crippen LogP contribution in [0.15, 0.2) is 24.4 Å². The molecule has 1 atom stereocenters. The number of nitrogens with two attached hydrogens (primary N) is 1. The molecule has 3 N–H and O–H groups in total. The molecule has 1 aromatic rings. The molecular weight excluding hydrogens is 220 g/mol. The van der Waals surface area contributed by atoms with Gasteiger partial charge in [-0.1, -0.05) is 19.9 Å². The maximum absolute atomic E-state index is 12.0. The second kappa shape index (κ2) is 5.05. The van der Waals surface area contributed by atoms with Crippen LogP contribution in [0.1, 0.15) is 19.5 Å². The molecule has 92 valence electrons. The first-order valence-corrected chi connectivity index (χ1v) is 5.34. The standard InChI is InChI=1S/C12H16N2O3/c1-8(2)12(13,11(16)17)10(15)7-9-5-3-4-6-14-9/h3-6,8H,7,13H2,1-2H3,(H,16,17). The van der Waals surface area contributed by atoms with E-state index in [2.05, 4.69) is 4.98 Å². The lowest BCUT2D eigenvalue weighted by Crippen LogP contribution is -2.59. The summed E-state index contributed by atoms with van der Waals surface area (Å²) in [5.41, 5.74) is 4.37. The van der Waals surface area contributed by atoms with Crippen molar-refractivity contribution < 1.29 is 14.7 Å². The van der Waals surface area contributed by atoms with Crippen molar-refractivity contribution in [3.8, 4) is 0 Å². The molecule has 0 amide bonds. The van der Waals surface area contributed by atoms with Crippen molar-refractivity contribution in [2.45, 2.75) is 25.8 Å². The Morgan fingerprint density at radius 1 is 1.47 bits per heavy atom. The molecule has 0 bridgehead atoms. The van der Waals surface area contributed by atoms with Gasteiger partial charge in [-0.25, -0.2) is 4.79 Å². The van der Waals surface area contributed by atoms with E-state index < -0.39 is 23.2 Å². The topological polar surface area (TPSA) is 93.3 Å². The predicted octanol–water partition coefficient (Wildman–Crippen LogP) is 0.631. The van der Waals surface area contributed by atoms with Crippen LogP contribution in [0, 0.1) is 5.92 Å². The summed E-state index contributed by atoms with van der Waals surface area (Å²) >= 11 is 0. The Morgan fingerprint density at radius 3 is 2.53 bits per heavy atom. The van der Waals surface area contributed by atoms with E-state index in [0.29, 0.717) is 5.69 Å². The third-order valence-electron chi connectivity index (χ3n) is 2.79. The molecule has 0 saturated heterocycles. The predicted molar refractivity (Wildman–Crippen MR) is 62.3 cm³/mol. The molecule has 5 nitrogen and oxygen atoms in total. The van der Waals surface area contributed by atoms with Crippen LogP contribution >= 0.6 is 0 Å². The van der Waals surface area contributed by atoms with Crippen LogP contribution in [0.5, 0.6) is 0 Å². The Morgan fingerprint density at radius 2 is 2.12 bits per heavy atom. The maximum atomic E-state index is 12.0. The Bertz CT molecular complexity index is 417. The van der Waals surface area contributed by atoms with Crippen LogP contribution < -0.4 is 5.73 Å². The van der Waals surface area contributed by atoms with Gasteiger partial charge in [-0.2, -0.15) is 0 Å². The molecule has 0 aliphatic rings. The molecule has 0 aliphatic heterocycles. The Labute approximate surface area is 99.7 Å². The molecule has 1 aromatic heterocycles. The van der Waals surface area contributed by atoms with E-state index in [1.165, 1.54) is 0 Å². The van der Waals surface area contributed by atoms with Gasteiger partial charge < -0.3 is 10.8 Å². The van der Waals surface area contributed by atoms with Crippen molar-refractivity contribution in [1.82, 2.24) is 4.98 Å². The van der Waals surface area contributed by atoms with E-state index in [-0.39, 0.29) is 6.42 Å². The third kappa shape index (κ3) is 2.68. The van der Waals surface area contributed by atoms with Gasteiger partial charge in [0.15, 0.2) is 11.3 Å². The second-order valence-corrected chi connectivity index (χ2v) is 4.25. The van der Waals surface area contributed by atoms with Gasteiger partial charge in [-0.3, -0.25) is 9.78 Å². The van der Waals surface area contributed by atoms with Crippen molar-refractivity contribution in [3.63, 3.8) is 0 Å². The molecule has 0 aromatic carbocycles. The number of aliphatic carboxylic acids is 1. The van der Waals surface area contributed by atoms with Crippen LogP contribution in [0.4, 0.5) is 0 Å². The number of pyridine rings is 1. The molecule has 0 fully saturated rings. The zero-order chi connectivity index (χ0) is 13.1. The highest BCUT2D eigenvalue weighted by Gasteiger charge is 2.44. The quantitative estimate of drug-likeness (QED) is 0.731. The summed E-state index contributed by atoms with van der Waals surface area (Å²) in [6.45, 7) is 3.23. The van der Waals surface area contributed by atoms with Crippen LogP contribution in [-0.2, 0) is 16.0 Å². The summed E-state index contributed by atoms with van der Waals surface area (Å²) in [5, 5.41) is 9.09. The number of aromatic nitrogens is 1. The van der Waals surface area contributed by atoms with Crippen molar-refractivity contribution in [3.05, 3.63) is 30.1 Å². The largest absolute Gasteiger partial charge is 0.480 e. The van der Waals surface area contributed by atoms with Crippen molar-refractivity contribution in [2.24, 2.45) is 11.7 Å². The van der Waals surface area contributed by atoms with E-state index in [1.54, 1.807) is 38.2 Å². The molecule has 5 heteroatoms. The average Bonchev–Trinajstić information content (AvgIpc) is 2.28. The van der Waals surface area contributed by atoms with E-state index in [1.807, 2.05) is 0 Å². The van der Waals surface area contributed by atoms with Crippen molar-refractivity contribution >= 4 is 11.8 Å². The number of carbonyl (C=O) groups excluding carboxylic acids is 1. The summed E-state index contributed by atoms with van der Waals surface area (Å²) in [5.74, 6) is -2.30. The number of carboxylic acids is 1. The minimum atomic E-state index is -1.85. The number of hydrogen-bond donors (Lipinski definition) is 2. The van der Waals surface area contributed by atoms with Crippen LogP contribution in [-0.4, -0.2) is 27.4 Å². The average molecular weight is 236 g/mol. The van der Waals surface area contributed by atoms with E-state index >= 15 is 0 Å². The van der Waals surface area contributed by atoms with E-state index in [9.17, 15) is 9.59 Å². The van der Waals surface area contributed by atoms with E-state index in [0.717, 1.165) is 0 Å². The highest BCUT2D eigenvalue weighted by molar-refractivity contribution is 6.08. The number of ketones is 1. The highest BCUT2D eigenvalue weighted by Crippen LogP contribution is 2.17. The number of rotatable bonds is 5. The lowest BCUT2D eigenvalue weighted by atomic mass is 9.81. The highest BCUT2D eigenvalue weighted by atomic mass is 16.4. The molecule has 1 rings (SSSR count). The van der Waals surface area contributed by atoms with Gasteiger partial charge in [-0.05, 0) is 18.1 Å². The van der Waals surface area contributed by atoms with Crippen LogP contribution in [0.2, 0.25) is 0 Å². The monoisotopic (exact) mass is 236 g/mol. The second-order valence-electron chi connectivity index (χ2n) is 4.25. The molecule has 0 aliphatic carbocycles. The zero-order valence-electron chi connectivity index (χ0n) is 9.88. The first kappa shape index (κ1) is 13.3. The fourth-order valence-corrected chi connectivity index (χ4v) is 1.50. The van der Waals surface area contributed by atoms with Gasteiger partial charge in [0, 0.05) is 11.9 Å². The molecule has 1 heterocycles. The Kier molecular flexibility index (Phi) is 3.96. The first-order chi connectivity index (χ1) is 7.89. The van der Waals surface area contributed by atoms with Crippen LogP contribution in [0.3, 0.4) is 0 Å². The number of carboxylic acid groups (broad SMARTS) is 1. The number of Topliss-reactive ketones (excluding diaryl/α,β-unsaturated/α-hetero) is 1. The SMILES string of the molecule is CC(C)C(N)(C(=O)O)C(=O)Cc1ccccn1. The fourth-order valence-electron chi connectivity index (χ4n) is 1.50. The van der Waals surface area contributed by atoms with Gasteiger partial charge >= 0.3 is 5.97 Å².